The maximum absolute atomic E-state index is 13.5. The van der Waals surface area contributed by atoms with Crippen molar-refractivity contribution < 1.29 is 47.4 Å². The number of thioether (sulfide) groups is 1. The Hall–Kier alpha value is -5.77. The number of oxazole rings is 1. The number of rotatable bonds is 25. The molecule has 0 saturated carbocycles. The van der Waals surface area contributed by atoms with Crippen LogP contribution in [-0.2, 0) is 46.2 Å². The average molecular weight is 999 g/mol. The van der Waals surface area contributed by atoms with Crippen molar-refractivity contribution in [1.82, 2.24) is 30.0 Å². The molecule has 2 aromatic carbocycles. The van der Waals surface area contributed by atoms with Gasteiger partial charge in [-0.3, -0.25) is 39.0 Å². The predicted octanol–water partition coefficient (Wildman–Crippen LogP) is 5.60. The van der Waals surface area contributed by atoms with Gasteiger partial charge in [0.1, 0.15) is 11.8 Å². The van der Waals surface area contributed by atoms with E-state index < -0.39 is 29.7 Å². The van der Waals surface area contributed by atoms with Crippen LogP contribution in [0.3, 0.4) is 0 Å². The highest BCUT2D eigenvalue weighted by molar-refractivity contribution is 8.00. The van der Waals surface area contributed by atoms with E-state index in [1.54, 1.807) is 65.7 Å². The molecule has 374 valence electrons. The topological polar surface area (TPSA) is 215 Å². The lowest BCUT2D eigenvalue weighted by molar-refractivity contribution is -0.136. The molecular formula is C50H62N8O10S2. The van der Waals surface area contributed by atoms with Crippen molar-refractivity contribution in [3.05, 3.63) is 101 Å². The highest BCUT2D eigenvalue weighted by Gasteiger charge is 2.45. The van der Waals surface area contributed by atoms with E-state index in [0.29, 0.717) is 95.3 Å². The van der Waals surface area contributed by atoms with E-state index >= 15 is 0 Å². The number of anilines is 2. The molecule has 7 rings (SSSR count). The van der Waals surface area contributed by atoms with Gasteiger partial charge in [-0.2, -0.15) is 0 Å². The van der Waals surface area contributed by atoms with Crippen LogP contribution in [0.15, 0.2) is 75.6 Å². The number of amides is 5. The molecule has 20 heteroatoms. The fourth-order valence-corrected chi connectivity index (χ4v) is 9.85. The van der Waals surface area contributed by atoms with Gasteiger partial charge in [-0.15, -0.1) is 11.8 Å². The van der Waals surface area contributed by atoms with Crippen LogP contribution in [0.25, 0.3) is 0 Å². The highest BCUT2D eigenvalue weighted by Crippen LogP contribution is 2.34. The number of ether oxygens (including phenoxy) is 3. The first-order chi connectivity index (χ1) is 33.7. The lowest BCUT2D eigenvalue weighted by Gasteiger charge is -2.33. The number of carbonyl (C=O) groups is 6. The second kappa shape index (κ2) is 24.9. The van der Waals surface area contributed by atoms with Crippen LogP contribution in [-0.4, -0.2) is 151 Å². The molecule has 3 N–H and O–H groups in total. The molecule has 2 aromatic heterocycles. The number of hydrogen-bond acceptors (Lipinski definition) is 17. The number of nitrogens with one attached hydrogen (secondary N) is 3. The molecule has 3 aliphatic rings. The van der Waals surface area contributed by atoms with Crippen LogP contribution in [0.1, 0.15) is 94.7 Å². The molecule has 70 heavy (non-hydrogen) atoms. The van der Waals surface area contributed by atoms with E-state index in [2.05, 4.69) is 51.6 Å². The summed E-state index contributed by atoms with van der Waals surface area (Å²) >= 11 is 3.23. The number of likely N-dealkylation sites (tertiary alicyclic amines) is 1. The Labute approximate surface area is 416 Å². The molecule has 0 radical (unpaired) electrons. The molecule has 0 aliphatic carbocycles. The van der Waals surface area contributed by atoms with Crippen LogP contribution in [0.5, 0.6) is 0 Å². The Morgan fingerprint density at radius 2 is 1.71 bits per heavy atom. The van der Waals surface area contributed by atoms with E-state index in [4.69, 9.17) is 18.6 Å². The number of nitrogens with zero attached hydrogens (tertiary/aromatic N) is 5. The number of carbonyl (C=O) groups excluding carboxylic acids is 6. The van der Waals surface area contributed by atoms with E-state index in [1.165, 1.54) is 0 Å². The van der Waals surface area contributed by atoms with Gasteiger partial charge in [0.2, 0.25) is 17.7 Å². The van der Waals surface area contributed by atoms with Crippen molar-refractivity contribution in [3.63, 3.8) is 0 Å². The lowest BCUT2D eigenvalue weighted by Crippen LogP contribution is -2.54. The van der Waals surface area contributed by atoms with Crippen molar-refractivity contribution in [1.29, 1.82) is 0 Å². The number of fused-ring (bicyclic) bond motifs is 1. The Morgan fingerprint density at radius 1 is 0.957 bits per heavy atom. The third-order valence-electron chi connectivity index (χ3n) is 11.8. The Morgan fingerprint density at radius 3 is 2.46 bits per heavy atom. The van der Waals surface area contributed by atoms with Gasteiger partial charge in [0.25, 0.3) is 17.7 Å². The summed E-state index contributed by atoms with van der Waals surface area (Å²) in [5, 5.41) is 9.71. The van der Waals surface area contributed by atoms with Gasteiger partial charge >= 0.3 is 0 Å². The van der Waals surface area contributed by atoms with Gasteiger partial charge in [-0.05, 0) is 62.2 Å². The van der Waals surface area contributed by atoms with Crippen molar-refractivity contribution in [2.75, 3.05) is 90.0 Å². The van der Waals surface area contributed by atoms with Crippen LogP contribution in [0, 0.1) is 0 Å². The van der Waals surface area contributed by atoms with Crippen molar-refractivity contribution in [2.24, 2.45) is 0 Å². The lowest BCUT2D eigenvalue weighted by atomic mass is 9.94. The second-order valence-corrected chi connectivity index (χ2v) is 20.6. The summed E-state index contributed by atoms with van der Waals surface area (Å²) in [5.74, 6) is -0.0377. The summed E-state index contributed by atoms with van der Waals surface area (Å²) in [6.45, 7) is 11.6. The molecular weight excluding hydrogens is 937 g/mol. The highest BCUT2D eigenvalue weighted by atomic mass is 32.2. The minimum atomic E-state index is -1.02. The maximum Gasteiger partial charge on any atom is 0.264 e. The molecule has 3 aliphatic heterocycles. The van der Waals surface area contributed by atoms with Gasteiger partial charge in [-0.1, -0.05) is 56.4 Å². The Kier molecular flexibility index (Phi) is 18.5. The largest absolute Gasteiger partial charge is 0.444 e. The molecule has 2 fully saturated rings. The van der Waals surface area contributed by atoms with Gasteiger partial charge < -0.3 is 39.1 Å². The molecule has 5 heterocycles. The average Bonchev–Trinajstić information content (AvgIpc) is 4.07. The van der Waals surface area contributed by atoms with E-state index in [-0.39, 0.29) is 53.5 Å². The van der Waals surface area contributed by atoms with E-state index in [1.807, 2.05) is 36.4 Å². The fraction of sp³-hybridized carbons (Fsp3) is 0.480. The van der Waals surface area contributed by atoms with Crippen LogP contribution >= 0.6 is 23.1 Å². The van der Waals surface area contributed by atoms with E-state index in [9.17, 15) is 28.8 Å². The molecule has 0 bridgehead atoms. The third kappa shape index (κ3) is 14.4. The van der Waals surface area contributed by atoms with E-state index in [0.717, 1.165) is 38.4 Å². The van der Waals surface area contributed by atoms with Crippen LogP contribution in [0.4, 0.5) is 10.8 Å². The second-order valence-electron chi connectivity index (χ2n) is 18.3. The zero-order valence-corrected chi connectivity index (χ0v) is 41.8. The Bertz CT molecular complexity index is 2500. The number of benzene rings is 2. The summed E-state index contributed by atoms with van der Waals surface area (Å²) < 4.78 is 23.9. The summed E-state index contributed by atoms with van der Waals surface area (Å²) in [7, 11) is 1.95. The standard InChI is InChI=1S/C50H62N8O10S2/c1-50(2,3)40-29-52-42(68-40)32-69-43-30-53-49(70-43)54-35-8-6-20-57(31-35)46(62)34-14-12-33(13-15-34)28-36(59)9-7-19-56(4)21-23-66-25-27-67-26-24-65-22-18-51-38-11-5-10-37-44(38)48(64)58(47(37)63)39-16-17-41(60)55-45(39)61/h5,7,9-15,29-30,35,39,51H,6,8,16-28,31-32H2,1-4H3,(H,53,54)(H,55,60,61)/b9-7+/t35-,39?/m1/s1. The molecule has 5 amide bonds. The quantitative estimate of drug-likeness (QED) is 0.0319. The number of piperidine rings is 2. The first-order valence-corrected chi connectivity index (χ1v) is 25.4. The monoisotopic (exact) mass is 998 g/mol. The minimum absolute atomic E-state index is 0.0178. The molecule has 2 saturated heterocycles. The predicted molar refractivity (Wildman–Crippen MR) is 265 cm³/mol. The van der Waals surface area contributed by atoms with Gasteiger partial charge in [0.15, 0.2) is 10.9 Å². The molecule has 18 nitrogen and oxygen atoms in total. The zero-order valence-electron chi connectivity index (χ0n) is 40.2. The summed E-state index contributed by atoms with van der Waals surface area (Å²) in [6, 6.07) is 11.3. The van der Waals surface area contributed by atoms with Gasteiger partial charge in [0.05, 0.1) is 73.1 Å². The number of likely N-dealkylation sites (N-methyl/N-ethyl adjacent to an activating group) is 1. The van der Waals surface area contributed by atoms with Crippen molar-refractivity contribution in [3.8, 4) is 0 Å². The molecule has 1 unspecified atom stereocenters. The number of hydrogen-bond donors (Lipinski definition) is 3. The summed E-state index contributed by atoms with van der Waals surface area (Å²) in [4.78, 5) is 90.3. The van der Waals surface area contributed by atoms with Gasteiger partial charge in [0, 0.05) is 68.3 Å². The number of allylic oxidation sites excluding steroid dienone is 1. The number of aromatic nitrogens is 2. The van der Waals surface area contributed by atoms with Crippen LogP contribution in [0.2, 0.25) is 0 Å². The third-order valence-corrected chi connectivity index (χ3v) is 14.0. The zero-order chi connectivity index (χ0) is 49.6. The summed E-state index contributed by atoms with van der Waals surface area (Å²) in [5.41, 5.74) is 2.25. The first-order valence-electron chi connectivity index (χ1n) is 23.6. The number of thiazole rings is 1. The number of ketones is 1. The normalized spacial score (nSPS) is 17.4. The SMILES string of the molecule is CN(C/C=C/C(=O)Cc1ccc(C(=O)N2CCC[C@@H](Nc3ncc(SCc4ncc(C(C)(C)C)o4)s3)C2)cc1)CCOCCOCCOCCNc1cccc2c1C(=O)N(C1CCC(=O)NC1=O)C2=O. The van der Waals surface area contributed by atoms with Crippen molar-refractivity contribution >= 4 is 69.2 Å². The molecule has 2 atom stereocenters. The maximum atomic E-state index is 13.5. The molecule has 0 spiro atoms. The van der Waals surface area contributed by atoms with Crippen LogP contribution < -0.4 is 16.0 Å². The summed E-state index contributed by atoms with van der Waals surface area (Å²) in [6.07, 6.45) is 9.34. The Balaban J connectivity index is 0.701. The smallest absolute Gasteiger partial charge is 0.264 e. The number of imide groups is 2. The minimum Gasteiger partial charge on any atom is -0.444 e. The van der Waals surface area contributed by atoms with Crippen molar-refractivity contribution in [2.45, 2.75) is 80.3 Å². The van der Waals surface area contributed by atoms with Gasteiger partial charge in [-0.25, -0.2) is 9.97 Å². The first kappa shape index (κ1) is 52.1. The molecule has 4 aromatic rings. The fourth-order valence-electron chi connectivity index (χ4n) is 8.05.